The maximum Gasteiger partial charge on any atom is 0.146 e. The normalized spacial score (nSPS) is 11.7. The molecular formula is C14H13ClFIN2. The second-order valence-corrected chi connectivity index (χ2v) is 6.31. The summed E-state index contributed by atoms with van der Waals surface area (Å²) in [5.74, 6) is 0.388. The van der Waals surface area contributed by atoms with Crippen molar-refractivity contribution in [2.75, 3.05) is 0 Å². The highest BCUT2D eigenvalue weighted by Gasteiger charge is 2.27. The molecule has 0 bridgehead atoms. The van der Waals surface area contributed by atoms with Crippen LogP contribution >= 0.6 is 34.2 Å². The van der Waals surface area contributed by atoms with Gasteiger partial charge in [0.05, 0.1) is 9.26 Å². The number of hydrogen-bond donors (Lipinski definition) is 0. The third-order valence-electron chi connectivity index (χ3n) is 3.10. The zero-order valence-corrected chi connectivity index (χ0v) is 13.8. The molecule has 1 heterocycles. The maximum atomic E-state index is 13.0. The largest absolute Gasteiger partial charge is 0.236 e. The van der Waals surface area contributed by atoms with Gasteiger partial charge in [-0.25, -0.2) is 14.4 Å². The monoisotopic (exact) mass is 390 g/mol. The number of nitrogens with zero attached hydrogens (tertiary/aromatic N) is 2. The summed E-state index contributed by atoms with van der Waals surface area (Å²) in [4.78, 5) is 8.86. The van der Waals surface area contributed by atoms with E-state index in [1.54, 1.807) is 12.1 Å². The van der Waals surface area contributed by atoms with Crippen LogP contribution in [0.25, 0.3) is 0 Å². The van der Waals surface area contributed by atoms with E-state index >= 15 is 0 Å². The van der Waals surface area contributed by atoms with E-state index < -0.39 is 5.41 Å². The Balaban J connectivity index is 2.52. The lowest BCUT2D eigenvalue weighted by Crippen LogP contribution is -2.23. The van der Waals surface area contributed by atoms with Crippen LogP contribution in [0.3, 0.4) is 0 Å². The summed E-state index contributed by atoms with van der Waals surface area (Å²) in [5, 5.41) is 0.457. The predicted octanol–water partition coefficient (Wildman–Crippen LogP) is 4.51. The van der Waals surface area contributed by atoms with Crippen molar-refractivity contribution in [1.29, 1.82) is 0 Å². The summed E-state index contributed by atoms with van der Waals surface area (Å²) in [5.41, 5.74) is 1.38. The molecule has 0 aliphatic carbocycles. The smallest absolute Gasteiger partial charge is 0.146 e. The molecule has 0 saturated carbocycles. The summed E-state index contributed by atoms with van der Waals surface area (Å²) in [6.07, 6.45) is 0. The van der Waals surface area contributed by atoms with Gasteiger partial charge in [-0.1, -0.05) is 23.7 Å². The molecule has 2 aromatic rings. The van der Waals surface area contributed by atoms with Gasteiger partial charge < -0.3 is 0 Å². The summed E-state index contributed by atoms with van der Waals surface area (Å²) >= 11 is 8.25. The van der Waals surface area contributed by atoms with Crippen molar-refractivity contribution in [2.24, 2.45) is 0 Å². The predicted molar refractivity (Wildman–Crippen MR) is 83.0 cm³/mol. The summed E-state index contributed by atoms with van der Waals surface area (Å²) in [6.45, 7) is 5.90. The second-order valence-electron chi connectivity index (χ2n) is 4.87. The molecule has 0 amide bonds. The Labute approximate surface area is 130 Å². The van der Waals surface area contributed by atoms with Gasteiger partial charge in [0.2, 0.25) is 0 Å². The number of halogens is 3. The van der Waals surface area contributed by atoms with E-state index in [-0.39, 0.29) is 5.82 Å². The van der Waals surface area contributed by atoms with Crippen LogP contribution in [0.15, 0.2) is 24.3 Å². The highest BCUT2D eigenvalue weighted by atomic mass is 127. The Morgan fingerprint density at radius 1 is 1.16 bits per heavy atom. The molecule has 2 nitrogen and oxygen atoms in total. The molecule has 19 heavy (non-hydrogen) atoms. The first kappa shape index (κ1) is 14.7. The van der Waals surface area contributed by atoms with Crippen LogP contribution in [0, 0.1) is 16.3 Å². The fourth-order valence-corrected chi connectivity index (χ4v) is 2.26. The minimum absolute atomic E-state index is 0.253. The minimum Gasteiger partial charge on any atom is -0.236 e. The van der Waals surface area contributed by atoms with E-state index in [0.29, 0.717) is 11.0 Å². The fourth-order valence-electron chi connectivity index (χ4n) is 1.80. The van der Waals surface area contributed by atoms with Crippen LogP contribution < -0.4 is 0 Å². The van der Waals surface area contributed by atoms with Gasteiger partial charge in [-0.05, 0) is 61.1 Å². The van der Waals surface area contributed by atoms with E-state index in [2.05, 4.69) is 32.6 Å². The van der Waals surface area contributed by atoms with Crippen LogP contribution in [-0.2, 0) is 5.41 Å². The van der Waals surface area contributed by atoms with Gasteiger partial charge in [-0.3, -0.25) is 0 Å². The lowest BCUT2D eigenvalue weighted by Gasteiger charge is -2.24. The molecule has 1 aromatic carbocycles. The van der Waals surface area contributed by atoms with Crippen molar-refractivity contribution in [2.45, 2.75) is 26.2 Å². The molecule has 1 aromatic heterocycles. The fraction of sp³-hybridized carbons (Fsp3) is 0.286. The van der Waals surface area contributed by atoms with Gasteiger partial charge >= 0.3 is 0 Å². The molecule has 0 atom stereocenters. The Kier molecular flexibility index (Phi) is 4.11. The molecule has 5 heteroatoms. The van der Waals surface area contributed by atoms with Crippen LogP contribution in [-0.4, -0.2) is 9.97 Å². The SMILES string of the molecule is Cc1nc(C(C)(C)c2ccc(F)cc2)nc(Cl)c1I. The average Bonchev–Trinajstić information content (AvgIpc) is 2.35. The van der Waals surface area contributed by atoms with Crippen LogP contribution in [0.4, 0.5) is 4.39 Å². The Hall–Kier alpha value is -0.750. The molecule has 0 aliphatic heterocycles. The summed E-state index contributed by atoms with van der Waals surface area (Å²) in [6, 6.07) is 6.39. The molecule has 0 aliphatic rings. The number of rotatable bonds is 2. The lowest BCUT2D eigenvalue weighted by molar-refractivity contribution is 0.580. The molecule has 0 unspecified atom stereocenters. The van der Waals surface area contributed by atoms with Crippen molar-refractivity contribution in [3.8, 4) is 0 Å². The van der Waals surface area contributed by atoms with Crippen LogP contribution in [0.5, 0.6) is 0 Å². The highest BCUT2D eigenvalue weighted by molar-refractivity contribution is 14.1. The van der Waals surface area contributed by atoms with Crippen molar-refractivity contribution >= 4 is 34.2 Å². The van der Waals surface area contributed by atoms with Crippen molar-refractivity contribution < 1.29 is 4.39 Å². The third-order valence-corrected chi connectivity index (χ3v) is 4.99. The number of hydrogen-bond acceptors (Lipinski definition) is 2. The van der Waals surface area contributed by atoms with Crippen molar-refractivity contribution in [1.82, 2.24) is 9.97 Å². The van der Waals surface area contributed by atoms with Gasteiger partial charge in [0.1, 0.15) is 16.8 Å². The topological polar surface area (TPSA) is 25.8 Å². The van der Waals surface area contributed by atoms with Gasteiger partial charge in [0.15, 0.2) is 0 Å². The van der Waals surface area contributed by atoms with Gasteiger partial charge in [0.25, 0.3) is 0 Å². The highest BCUT2D eigenvalue weighted by Crippen LogP contribution is 2.31. The van der Waals surface area contributed by atoms with Gasteiger partial charge in [-0.2, -0.15) is 0 Å². The number of benzene rings is 1. The molecule has 0 saturated heterocycles. The third kappa shape index (κ3) is 2.89. The summed E-state index contributed by atoms with van der Waals surface area (Å²) < 4.78 is 13.9. The van der Waals surface area contributed by atoms with Crippen molar-refractivity contribution in [3.63, 3.8) is 0 Å². The Bertz CT molecular complexity index is 588. The van der Waals surface area contributed by atoms with Crippen LogP contribution in [0.1, 0.15) is 30.9 Å². The van der Waals surface area contributed by atoms with E-state index in [4.69, 9.17) is 11.6 Å². The molecule has 0 spiro atoms. The van der Waals surface area contributed by atoms with Gasteiger partial charge in [0, 0.05) is 5.41 Å². The quantitative estimate of drug-likeness (QED) is 0.557. The number of aryl methyl sites for hydroxylation is 1. The molecule has 2 rings (SSSR count). The van der Waals surface area contributed by atoms with Crippen LogP contribution in [0.2, 0.25) is 5.15 Å². The first-order valence-electron chi connectivity index (χ1n) is 5.78. The molecule has 0 fully saturated rings. The zero-order chi connectivity index (χ0) is 14.2. The minimum atomic E-state index is -0.424. The Morgan fingerprint density at radius 2 is 1.74 bits per heavy atom. The van der Waals surface area contributed by atoms with E-state index in [0.717, 1.165) is 14.8 Å². The van der Waals surface area contributed by atoms with E-state index in [9.17, 15) is 4.39 Å². The molecule has 100 valence electrons. The zero-order valence-electron chi connectivity index (χ0n) is 10.8. The van der Waals surface area contributed by atoms with E-state index in [1.165, 1.54) is 12.1 Å². The molecule has 0 radical (unpaired) electrons. The first-order valence-corrected chi connectivity index (χ1v) is 7.24. The Morgan fingerprint density at radius 3 is 2.26 bits per heavy atom. The standard InChI is InChI=1S/C14H13ClFIN2/c1-8-11(17)12(15)19-13(18-8)14(2,3)9-4-6-10(16)7-5-9/h4-7H,1-3H3. The maximum absolute atomic E-state index is 13.0. The van der Waals surface area contributed by atoms with Gasteiger partial charge in [-0.15, -0.1) is 0 Å². The van der Waals surface area contributed by atoms with E-state index in [1.807, 2.05) is 20.8 Å². The summed E-state index contributed by atoms with van der Waals surface area (Å²) in [7, 11) is 0. The lowest BCUT2D eigenvalue weighted by atomic mass is 9.83. The molecule has 0 N–H and O–H groups in total. The molecular weight excluding hydrogens is 378 g/mol. The first-order chi connectivity index (χ1) is 8.82. The van der Waals surface area contributed by atoms with Crippen molar-refractivity contribution in [3.05, 3.63) is 55.9 Å². The average molecular weight is 391 g/mol. The second kappa shape index (κ2) is 5.32. The number of aromatic nitrogens is 2.